The Labute approximate surface area is 151 Å². The first kappa shape index (κ1) is 16.1. The number of aromatic nitrogens is 2. The molecule has 0 atom stereocenters. The Bertz CT molecular complexity index is 1100. The molecule has 1 aliphatic rings. The Kier molecular flexibility index (Phi) is 3.65. The molecular weight excluding hydrogens is 324 g/mol. The molecule has 0 fully saturated rings. The van der Waals surface area contributed by atoms with Gasteiger partial charge in [-0.15, -0.1) is 0 Å². The minimum absolute atomic E-state index is 0.319. The van der Waals surface area contributed by atoms with E-state index in [4.69, 9.17) is 4.98 Å². The van der Waals surface area contributed by atoms with Crippen molar-refractivity contribution in [2.24, 2.45) is 5.10 Å². The van der Waals surface area contributed by atoms with Crippen molar-refractivity contribution in [2.75, 3.05) is 0 Å². The van der Waals surface area contributed by atoms with Gasteiger partial charge in [-0.05, 0) is 61.7 Å². The van der Waals surface area contributed by atoms with E-state index < -0.39 is 0 Å². The second-order valence-electron chi connectivity index (χ2n) is 6.66. The van der Waals surface area contributed by atoms with Gasteiger partial charge in [-0.2, -0.15) is 5.10 Å². The molecule has 130 valence electrons. The molecule has 4 rings (SSSR count). The zero-order valence-electron chi connectivity index (χ0n) is 15.0. The number of aromatic hydroxyl groups is 1. The fourth-order valence-corrected chi connectivity index (χ4v) is 3.21. The standard InChI is InChI=1S/C21H20N4O/c1-11-6-5-7-17-19(11)23-21(22-17)16-10-18(25-24-14(16)4)15-8-12(2)20(26)13(3)9-15/h5-10,24,26H,4H2,1-3H3,(H,22,23). The number of imidazole rings is 1. The zero-order valence-corrected chi connectivity index (χ0v) is 15.0. The topological polar surface area (TPSA) is 73.3 Å². The van der Waals surface area contributed by atoms with Crippen molar-refractivity contribution in [1.29, 1.82) is 0 Å². The van der Waals surface area contributed by atoms with E-state index in [9.17, 15) is 5.11 Å². The van der Waals surface area contributed by atoms with E-state index in [-0.39, 0.29) is 0 Å². The number of hydrogen-bond acceptors (Lipinski definition) is 4. The number of phenolic OH excluding ortho intramolecular Hbond substituents is 1. The highest BCUT2D eigenvalue weighted by atomic mass is 16.3. The lowest BCUT2D eigenvalue weighted by Crippen LogP contribution is -2.17. The van der Waals surface area contributed by atoms with E-state index >= 15 is 0 Å². The molecule has 3 N–H and O–H groups in total. The van der Waals surface area contributed by atoms with Crippen LogP contribution in [0.3, 0.4) is 0 Å². The molecule has 5 nitrogen and oxygen atoms in total. The Balaban J connectivity index is 1.81. The minimum Gasteiger partial charge on any atom is -0.507 e. The van der Waals surface area contributed by atoms with Gasteiger partial charge in [0.1, 0.15) is 11.6 Å². The van der Waals surface area contributed by atoms with Crippen LogP contribution < -0.4 is 5.43 Å². The summed E-state index contributed by atoms with van der Waals surface area (Å²) in [4.78, 5) is 8.10. The van der Waals surface area contributed by atoms with Crippen LogP contribution in [0.15, 0.2) is 53.8 Å². The van der Waals surface area contributed by atoms with Gasteiger partial charge in [-0.1, -0.05) is 18.7 Å². The smallest absolute Gasteiger partial charge is 0.140 e. The molecular formula is C21H20N4O. The first-order chi connectivity index (χ1) is 12.4. The Morgan fingerprint density at radius 2 is 1.77 bits per heavy atom. The molecule has 2 heterocycles. The Morgan fingerprint density at radius 1 is 1.04 bits per heavy atom. The van der Waals surface area contributed by atoms with Crippen molar-refractivity contribution in [3.8, 4) is 5.75 Å². The number of nitrogens with zero attached hydrogens (tertiary/aromatic N) is 2. The number of aryl methyl sites for hydroxylation is 3. The summed E-state index contributed by atoms with van der Waals surface area (Å²) in [6, 6.07) is 9.90. The average Bonchev–Trinajstić information content (AvgIpc) is 3.05. The number of nitrogens with one attached hydrogen (secondary N) is 2. The maximum atomic E-state index is 10.0. The van der Waals surface area contributed by atoms with E-state index in [1.165, 1.54) is 0 Å². The highest BCUT2D eigenvalue weighted by Crippen LogP contribution is 2.28. The van der Waals surface area contributed by atoms with Gasteiger partial charge >= 0.3 is 0 Å². The van der Waals surface area contributed by atoms with E-state index in [1.807, 2.05) is 44.2 Å². The van der Waals surface area contributed by atoms with Crippen LogP contribution in [0, 0.1) is 20.8 Å². The van der Waals surface area contributed by atoms with Crippen molar-refractivity contribution >= 4 is 22.3 Å². The normalized spacial score (nSPS) is 14.2. The number of rotatable bonds is 2. The summed E-state index contributed by atoms with van der Waals surface area (Å²) < 4.78 is 0. The number of para-hydroxylation sites is 1. The van der Waals surface area contributed by atoms with Crippen LogP contribution >= 0.6 is 0 Å². The summed E-state index contributed by atoms with van der Waals surface area (Å²) >= 11 is 0. The predicted molar refractivity (Wildman–Crippen MR) is 105 cm³/mol. The quantitative estimate of drug-likeness (QED) is 0.655. The maximum Gasteiger partial charge on any atom is 0.140 e. The molecule has 5 heteroatoms. The maximum absolute atomic E-state index is 10.0. The fourth-order valence-electron chi connectivity index (χ4n) is 3.21. The first-order valence-electron chi connectivity index (χ1n) is 8.45. The van der Waals surface area contributed by atoms with E-state index in [0.29, 0.717) is 11.4 Å². The van der Waals surface area contributed by atoms with Crippen LogP contribution in [0.2, 0.25) is 0 Å². The molecule has 0 unspecified atom stereocenters. The molecule has 0 bridgehead atoms. The van der Waals surface area contributed by atoms with E-state index in [2.05, 4.69) is 35.1 Å². The van der Waals surface area contributed by atoms with Crippen LogP contribution in [-0.4, -0.2) is 20.8 Å². The van der Waals surface area contributed by atoms with Crippen molar-refractivity contribution in [1.82, 2.24) is 15.4 Å². The Morgan fingerprint density at radius 3 is 2.46 bits per heavy atom. The third-order valence-corrected chi connectivity index (χ3v) is 4.69. The van der Waals surface area contributed by atoms with Gasteiger partial charge in [0.15, 0.2) is 0 Å². The number of allylic oxidation sites excluding steroid dienone is 2. The highest BCUT2D eigenvalue weighted by molar-refractivity contribution is 6.14. The minimum atomic E-state index is 0.319. The Hall–Kier alpha value is -3.34. The molecule has 3 aromatic rings. The van der Waals surface area contributed by atoms with Crippen LogP contribution in [0.4, 0.5) is 0 Å². The predicted octanol–water partition coefficient (Wildman–Crippen LogP) is 4.10. The van der Waals surface area contributed by atoms with Crippen LogP contribution in [0.1, 0.15) is 28.1 Å². The second kappa shape index (κ2) is 5.88. The van der Waals surface area contributed by atoms with Crippen molar-refractivity contribution in [3.63, 3.8) is 0 Å². The molecule has 0 radical (unpaired) electrons. The fraction of sp³-hybridized carbons (Fsp3) is 0.143. The summed E-state index contributed by atoms with van der Waals surface area (Å²) in [6.07, 6.45) is 1.97. The SMILES string of the molecule is C=C1NN=C(c2cc(C)c(O)c(C)c2)C=C1c1nc2cccc(C)c2[nH]1. The molecule has 0 saturated carbocycles. The van der Waals surface area contributed by atoms with Gasteiger partial charge in [0, 0.05) is 11.1 Å². The van der Waals surface area contributed by atoms with Crippen LogP contribution in [-0.2, 0) is 0 Å². The summed E-state index contributed by atoms with van der Waals surface area (Å²) in [6.45, 7) is 9.88. The third kappa shape index (κ3) is 2.58. The lowest BCUT2D eigenvalue weighted by Gasteiger charge is -2.16. The number of benzene rings is 2. The number of fused-ring (bicyclic) bond motifs is 1. The second-order valence-corrected chi connectivity index (χ2v) is 6.66. The molecule has 0 spiro atoms. The lowest BCUT2D eigenvalue weighted by molar-refractivity contribution is 0.467. The third-order valence-electron chi connectivity index (χ3n) is 4.69. The van der Waals surface area contributed by atoms with E-state index in [0.717, 1.165) is 50.4 Å². The van der Waals surface area contributed by atoms with Crippen LogP contribution in [0.5, 0.6) is 5.75 Å². The lowest BCUT2D eigenvalue weighted by atomic mass is 9.99. The van der Waals surface area contributed by atoms with Crippen molar-refractivity contribution in [2.45, 2.75) is 20.8 Å². The number of hydrazone groups is 1. The summed E-state index contributed by atoms with van der Waals surface area (Å²) in [5, 5.41) is 14.4. The van der Waals surface area contributed by atoms with Gasteiger partial charge in [0.05, 0.1) is 22.4 Å². The van der Waals surface area contributed by atoms with Gasteiger partial charge in [-0.25, -0.2) is 4.98 Å². The molecule has 0 amide bonds. The van der Waals surface area contributed by atoms with E-state index in [1.54, 1.807) is 0 Å². The highest BCUT2D eigenvalue weighted by Gasteiger charge is 2.18. The molecule has 0 aliphatic carbocycles. The average molecular weight is 344 g/mol. The summed E-state index contributed by atoms with van der Waals surface area (Å²) in [7, 11) is 0. The molecule has 1 aliphatic heterocycles. The molecule has 1 aromatic heterocycles. The van der Waals surface area contributed by atoms with Gasteiger partial charge < -0.3 is 10.1 Å². The number of phenols is 1. The largest absolute Gasteiger partial charge is 0.507 e. The number of hydrogen-bond donors (Lipinski definition) is 3. The van der Waals surface area contributed by atoms with Gasteiger partial charge in [0.2, 0.25) is 0 Å². The van der Waals surface area contributed by atoms with Crippen LogP contribution in [0.25, 0.3) is 16.6 Å². The number of aromatic amines is 1. The first-order valence-corrected chi connectivity index (χ1v) is 8.45. The van der Waals surface area contributed by atoms with Crippen molar-refractivity contribution in [3.05, 3.63) is 76.8 Å². The number of H-pyrrole nitrogens is 1. The molecule has 0 saturated heterocycles. The summed E-state index contributed by atoms with van der Waals surface area (Å²) in [5.74, 6) is 1.07. The molecule has 26 heavy (non-hydrogen) atoms. The molecule has 2 aromatic carbocycles. The monoisotopic (exact) mass is 344 g/mol. The zero-order chi connectivity index (χ0) is 18.4. The van der Waals surface area contributed by atoms with Gasteiger partial charge in [-0.3, -0.25) is 5.43 Å². The van der Waals surface area contributed by atoms with Gasteiger partial charge in [0.25, 0.3) is 0 Å². The van der Waals surface area contributed by atoms with Crippen molar-refractivity contribution < 1.29 is 5.11 Å². The summed E-state index contributed by atoms with van der Waals surface area (Å²) in [5.41, 5.74) is 11.0.